The molecule has 0 unspecified atom stereocenters. The zero-order valence-electron chi connectivity index (χ0n) is 6.94. The molecule has 1 heterocycles. The molecule has 2 aromatic rings. The average Bonchev–Trinajstić information content (AvgIpc) is 2.52. The van der Waals surface area contributed by atoms with Crippen molar-refractivity contribution in [3.05, 3.63) is 23.8 Å². The molecule has 1 N–H and O–H groups in total. The minimum absolute atomic E-state index is 0.250. The molecule has 13 heavy (non-hydrogen) atoms. The number of nitrogens with zero attached hydrogens (tertiary/aromatic N) is 2. The van der Waals surface area contributed by atoms with Crippen molar-refractivity contribution < 1.29 is 9.59 Å². The van der Waals surface area contributed by atoms with Gasteiger partial charge in [0.05, 0.1) is 0 Å². The van der Waals surface area contributed by atoms with Gasteiger partial charge in [-0.05, 0) is 24.6 Å². The van der Waals surface area contributed by atoms with Crippen LogP contribution in [0.1, 0.15) is 5.56 Å². The van der Waals surface area contributed by atoms with E-state index < -0.39 is 0 Å². The van der Waals surface area contributed by atoms with Crippen LogP contribution in [0, 0.1) is 6.92 Å². The lowest BCUT2D eigenvalue weighted by Gasteiger charge is -1.87. The first kappa shape index (κ1) is 9.09. The first-order valence-electron chi connectivity index (χ1n) is 3.54. The minimum Gasteiger partial charge on any atom is -0.197 e. The van der Waals surface area contributed by atoms with Crippen LogP contribution in [0.25, 0.3) is 11.0 Å². The molecule has 0 radical (unpaired) electrons. The Morgan fingerprint density at radius 1 is 1.23 bits per heavy atom. The number of aromatic amines is 1. The fourth-order valence-corrected chi connectivity index (χ4v) is 0.950. The van der Waals surface area contributed by atoms with E-state index in [1.54, 1.807) is 0 Å². The Hall–Kier alpha value is -2.00. The van der Waals surface area contributed by atoms with Crippen molar-refractivity contribution in [2.75, 3.05) is 0 Å². The van der Waals surface area contributed by atoms with Crippen molar-refractivity contribution in [3.8, 4) is 0 Å². The third kappa shape index (κ3) is 2.21. The van der Waals surface area contributed by atoms with Crippen LogP contribution in [0.4, 0.5) is 0 Å². The number of aryl methyl sites for hydroxylation is 1. The number of H-pyrrole nitrogens is 1. The number of fused-ring (bicyclic) bond motifs is 1. The van der Waals surface area contributed by atoms with Gasteiger partial charge in [0.2, 0.25) is 0 Å². The molecule has 66 valence electrons. The molecule has 0 fully saturated rings. The highest BCUT2D eigenvalue weighted by molar-refractivity contribution is 5.73. The summed E-state index contributed by atoms with van der Waals surface area (Å²) in [5.74, 6) is 0. The van der Waals surface area contributed by atoms with Gasteiger partial charge in [-0.2, -0.15) is 25.0 Å². The van der Waals surface area contributed by atoms with Gasteiger partial charge in [0.25, 0.3) is 0 Å². The summed E-state index contributed by atoms with van der Waals surface area (Å²) < 4.78 is 0. The Kier molecular flexibility index (Phi) is 2.89. The molecular formula is C8H7N3O2. The second-order valence-corrected chi connectivity index (χ2v) is 2.40. The van der Waals surface area contributed by atoms with Crippen LogP contribution in [-0.2, 0) is 9.59 Å². The number of rotatable bonds is 0. The van der Waals surface area contributed by atoms with E-state index in [2.05, 4.69) is 15.4 Å². The Labute approximate surface area is 73.8 Å². The third-order valence-electron chi connectivity index (χ3n) is 1.47. The SMILES string of the molecule is Cc1ccc2n[nH]nc2c1.O=C=O. The fraction of sp³-hybridized carbons (Fsp3) is 0.125. The number of carbonyl (C=O) groups excluding carboxylic acids is 2. The summed E-state index contributed by atoms with van der Waals surface area (Å²) >= 11 is 0. The molecule has 2 rings (SSSR count). The highest BCUT2D eigenvalue weighted by Crippen LogP contribution is 2.08. The molecule has 0 aliphatic heterocycles. The summed E-state index contributed by atoms with van der Waals surface area (Å²) in [6, 6.07) is 5.97. The van der Waals surface area contributed by atoms with Crippen LogP contribution in [0.2, 0.25) is 0 Å². The van der Waals surface area contributed by atoms with E-state index >= 15 is 0 Å². The van der Waals surface area contributed by atoms with Gasteiger partial charge in [-0.25, -0.2) is 0 Å². The molecular weight excluding hydrogens is 170 g/mol. The Morgan fingerprint density at radius 3 is 2.54 bits per heavy atom. The van der Waals surface area contributed by atoms with E-state index in [0.717, 1.165) is 11.0 Å². The topological polar surface area (TPSA) is 75.7 Å². The van der Waals surface area contributed by atoms with Gasteiger partial charge in [0.1, 0.15) is 11.0 Å². The van der Waals surface area contributed by atoms with Crippen LogP contribution < -0.4 is 0 Å². The van der Waals surface area contributed by atoms with Crippen LogP contribution in [0.3, 0.4) is 0 Å². The molecule has 1 aromatic heterocycles. The number of hydrogen-bond acceptors (Lipinski definition) is 4. The number of benzene rings is 1. The van der Waals surface area contributed by atoms with Crippen molar-refractivity contribution >= 4 is 17.2 Å². The molecule has 5 heteroatoms. The highest BCUT2D eigenvalue weighted by atomic mass is 16.2. The van der Waals surface area contributed by atoms with E-state index in [0.29, 0.717) is 0 Å². The molecule has 0 saturated heterocycles. The lowest BCUT2D eigenvalue weighted by molar-refractivity contribution is -0.191. The van der Waals surface area contributed by atoms with Gasteiger partial charge in [-0.1, -0.05) is 6.07 Å². The quantitative estimate of drug-likeness (QED) is 0.642. The maximum Gasteiger partial charge on any atom is 0.373 e. The maximum absolute atomic E-state index is 8.12. The monoisotopic (exact) mass is 177 g/mol. The van der Waals surface area contributed by atoms with Crippen molar-refractivity contribution in [1.82, 2.24) is 15.4 Å². The molecule has 0 aliphatic carbocycles. The van der Waals surface area contributed by atoms with Gasteiger partial charge < -0.3 is 0 Å². The van der Waals surface area contributed by atoms with Crippen molar-refractivity contribution in [2.45, 2.75) is 6.92 Å². The Balaban J connectivity index is 0.000000251. The number of hydrogen-bond donors (Lipinski definition) is 1. The van der Waals surface area contributed by atoms with Crippen LogP contribution in [0.15, 0.2) is 18.2 Å². The summed E-state index contributed by atoms with van der Waals surface area (Å²) in [5.41, 5.74) is 3.06. The normalized spacial score (nSPS) is 8.69. The maximum atomic E-state index is 8.12. The first-order chi connectivity index (χ1) is 6.27. The van der Waals surface area contributed by atoms with E-state index in [9.17, 15) is 0 Å². The zero-order valence-corrected chi connectivity index (χ0v) is 6.94. The summed E-state index contributed by atoms with van der Waals surface area (Å²) in [6.45, 7) is 2.04. The predicted molar refractivity (Wildman–Crippen MR) is 43.6 cm³/mol. The van der Waals surface area contributed by atoms with E-state index in [4.69, 9.17) is 9.59 Å². The van der Waals surface area contributed by atoms with Gasteiger partial charge >= 0.3 is 6.15 Å². The molecule has 1 aromatic carbocycles. The fourth-order valence-electron chi connectivity index (χ4n) is 0.950. The molecule has 0 bridgehead atoms. The lowest BCUT2D eigenvalue weighted by Crippen LogP contribution is -1.71. The van der Waals surface area contributed by atoms with Crippen molar-refractivity contribution in [3.63, 3.8) is 0 Å². The molecule has 0 spiro atoms. The number of aromatic nitrogens is 3. The van der Waals surface area contributed by atoms with Crippen molar-refractivity contribution in [1.29, 1.82) is 0 Å². The lowest BCUT2D eigenvalue weighted by atomic mass is 10.2. The van der Waals surface area contributed by atoms with Crippen LogP contribution in [-0.4, -0.2) is 21.6 Å². The molecule has 0 saturated carbocycles. The van der Waals surface area contributed by atoms with E-state index in [1.165, 1.54) is 5.56 Å². The molecule has 0 aliphatic rings. The standard InChI is InChI=1S/C7H7N3.CO2/c1-5-2-3-6-7(4-5)9-10-8-6;2-1-3/h2-4H,1H3,(H,8,9,10);. The second-order valence-electron chi connectivity index (χ2n) is 2.40. The van der Waals surface area contributed by atoms with Gasteiger partial charge in [0, 0.05) is 0 Å². The van der Waals surface area contributed by atoms with E-state index in [-0.39, 0.29) is 6.15 Å². The molecule has 0 atom stereocenters. The minimum atomic E-state index is 0.250. The second kappa shape index (κ2) is 4.13. The summed E-state index contributed by atoms with van der Waals surface area (Å²) in [7, 11) is 0. The molecule has 5 nitrogen and oxygen atoms in total. The zero-order chi connectivity index (χ0) is 9.68. The van der Waals surface area contributed by atoms with Crippen molar-refractivity contribution in [2.24, 2.45) is 0 Å². The average molecular weight is 177 g/mol. The first-order valence-corrected chi connectivity index (χ1v) is 3.54. The summed E-state index contributed by atoms with van der Waals surface area (Å²) in [5, 5.41) is 10.4. The summed E-state index contributed by atoms with van der Waals surface area (Å²) in [6.07, 6.45) is 0.250. The Bertz CT molecular complexity index is 430. The largest absolute Gasteiger partial charge is 0.373 e. The summed E-state index contributed by atoms with van der Waals surface area (Å²) in [4.78, 5) is 16.2. The smallest absolute Gasteiger partial charge is 0.197 e. The third-order valence-corrected chi connectivity index (χ3v) is 1.47. The van der Waals surface area contributed by atoms with Gasteiger partial charge in [0.15, 0.2) is 0 Å². The van der Waals surface area contributed by atoms with Gasteiger partial charge in [-0.15, -0.1) is 0 Å². The molecule has 0 amide bonds. The van der Waals surface area contributed by atoms with Crippen LogP contribution in [0.5, 0.6) is 0 Å². The predicted octanol–water partition coefficient (Wildman–Crippen LogP) is 0.683. The van der Waals surface area contributed by atoms with E-state index in [1.807, 2.05) is 25.1 Å². The highest BCUT2D eigenvalue weighted by Gasteiger charge is 1.94. The van der Waals surface area contributed by atoms with Gasteiger partial charge in [-0.3, -0.25) is 0 Å². The number of nitrogens with one attached hydrogen (secondary N) is 1. The van der Waals surface area contributed by atoms with Crippen LogP contribution >= 0.6 is 0 Å². The Morgan fingerprint density at radius 2 is 1.85 bits per heavy atom.